The zero-order valence-electron chi connectivity index (χ0n) is 16.7. The van der Waals surface area contributed by atoms with Crippen LogP contribution in [0.5, 0.6) is 0 Å². The van der Waals surface area contributed by atoms with Crippen LogP contribution in [-0.2, 0) is 19.6 Å². The molecule has 0 atom stereocenters. The Bertz CT molecular complexity index is 725. The summed E-state index contributed by atoms with van der Waals surface area (Å²) in [4.78, 5) is 12.7. The van der Waals surface area contributed by atoms with E-state index in [0.29, 0.717) is 6.54 Å². The summed E-state index contributed by atoms with van der Waals surface area (Å²) in [5.74, 6) is 0.804. The fourth-order valence-corrected chi connectivity index (χ4v) is 4.19. The molecule has 0 unspecified atom stereocenters. The highest BCUT2D eigenvalue weighted by atomic mass is 32.1. The van der Waals surface area contributed by atoms with Crippen LogP contribution in [-0.4, -0.2) is 36.0 Å². The Morgan fingerprint density at radius 1 is 1.04 bits per heavy atom. The van der Waals surface area contributed by atoms with Crippen LogP contribution < -0.4 is 10.6 Å². The van der Waals surface area contributed by atoms with Gasteiger partial charge in [-0.3, -0.25) is 9.89 Å². The van der Waals surface area contributed by atoms with E-state index in [4.69, 9.17) is 0 Å². The van der Waals surface area contributed by atoms with E-state index in [-0.39, 0.29) is 0 Å². The number of aryl methyl sites for hydroxylation is 2. The Morgan fingerprint density at radius 3 is 2.33 bits per heavy atom. The molecule has 3 rings (SSSR count). The average Bonchev–Trinajstić information content (AvgIpc) is 3.01. The number of benzene rings is 1. The van der Waals surface area contributed by atoms with Gasteiger partial charge in [0.05, 0.1) is 12.2 Å². The van der Waals surface area contributed by atoms with Crippen LogP contribution in [0.3, 0.4) is 0 Å². The number of guanidine groups is 1. The van der Waals surface area contributed by atoms with Crippen molar-refractivity contribution in [1.82, 2.24) is 20.5 Å². The molecule has 6 heteroatoms. The van der Waals surface area contributed by atoms with Crippen LogP contribution in [0.25, 0.3) is 0 Å². The molecular weight excluding hydrogens is 354 g/mol. The fourth-order valence-electron chi connectivity index (χ4n) is 3.32. The first kappa shape index (κ1) is 19.8. The number of piperidine rings is 1. The topological polar surface area (TPSA) is 52.6 Å². The van der Waals surface area contributed by atoms with Gasteiger partial charge in [-0.1, -0.05) is 30.7 Å². The second kappa shape index (κ2) is 9.85. The molecule has 1 aliphatic heterocycles. The van der Waals surface area contributed by atoms with Crippen molar-refractivity contribution in [1.29, 1.82) is 0 Å². The Labute approximate surface area is 166 Å². The SMILES string of the molecule is CN=C(NCc1ccc(CN2CCCCC2)cc1)NCc1nc(C)c(C)s1. The van der Waals surface area contributed by atoms with Gasteiger partial charge in [-0.25, -0.2) is 4.98 Å². The highest BCUT2D eigenvalue weighted by Gasteiger charge is 2.10. The van der Waals surface area contributed by atoms with Gasteiger partial charge in [-0.05, 0) is 50.9 Å². The fraction of sp³-hybridized carbons (Fsp3) is 0.524. The maximum Gasteiger partial charge on any atom is 0.191 e. The monoisotopic (exact) mass is 385 g/mol. The maximum atomic E-state index is 4.56. The number of thiazole rings is 1. The van der Waals surface area contributed by atoms with E-state index < -0.39 is 0 Å². The van der Waals surface area contributed by atoms with Crippen LogP contribution >= 0.6 is 11.3 Å². The van der Waals surface area contributed by atoms with Crippen LogP contribution in [0, 0.1) is 13.8 Å². The van der Waals surface area contributed by atoms with Crippen LogP contribution in [0.15, 0.2) is 29.3 Å². The predicted octanol–water partition coefficient (Wildman–Crippen LogP) is 3.61. The number of aliphatic imine (C=N–C) groups is 1. The third kappa shape index (κ3) is 6.04. The largest absolute Gasteiger partial charge is 0.352 e. The minimum absolute atomic E-state index is 0.702. The van der Waals surface area contributed by atoms with Gasteiger partial charge in [0.25, 0.3) is 0 Å². The van der Waals surface area contributed by atoms with Crippen molar-refractivity contribution in [3.05, 3.63) is 51.0 Å². The number of hydrogen-bond acceptors (Lipinski definition) is 4. The molecular formula is C21H31N5S. The number of nitrogens with zero attached hydrogens (tertiary/aromatic N) is 3. The summed E-state index contributed by atoms with van der Waals surface area (Å²) in [6, 6.07) is 8.94. The molecule has 1 aromatic heterocycles. The summed E-state index contributed by atoms with van der Waals surface area (Å²) in [6.45, 7) is 9.18. The van der Waals surface area contributed by atoms with E-state index in [2.05, 4.69) is 63.6 Å². The van der Waals surface area contributed by atoms with E-state index in [0.717, 1.165) is 29.8 Å². The van der Waals surface area contributed by atoms with Gasteiger partial charge >= 0.3 is 0 Å². The summed E-state index contributed by atoms with van der Waals surface area (Å²) in [7, 11) is 1.80. The van der Waals surface area contributed by atoms with Gasteiger partial charge in [0.1, 0.15) is 5.01 Å². The zero-order valence-corrected chi connectivity index (χ0v) is 17.5. The number of rotatable bonds is 6. The summed E-state index contributed by atoms with van der Waals surface area (Å²) in [5, 5.41) is 7.82. The van der Waals surface area contributed by atoms with Crippen molar-refractivity contribution in [2.75, 3.05) is 20.1 Å². The summed E-state index contributed by atoms with van der Waals surface area (Å²) < 4.78 is 0. The van der Waals surface area contributed by atoms with E-state index in [1.54, 1.807) is 18.4 Å². The normalized spacial score (nSPS) is 15.7. The second-order valence-electron chi connectivity index (χ2n) is 7.18. The summed E-state index contributed by atoms with van der Waals surface area (Å²) in [6.07, 6.45) is 4.07. The second-order valence-corrected chi connectivity index (χ2v) is 8.47. The lowest BCUT2D eigenvalue weighted by molar-refractivity contribution is 0.221. The Balaban J connectivity index is 1.44. The molecule has 2 aromatic rings. The number of hydrogen-bond donors (Lipinski definition) is 2. The highest BCUT2D eigenvalue weighted by Crippen LogP contribution is 2.16. The van der Waals surface area contributed by atoms with Crippen molar-refractivity contribution in [3.63, 3.8) is 0 Å². The van der Waals surface area contributed by atoms with Gasteiger partial charge in [0, 0.05) is 25.0 Å². The van der Waals surface area contributed by atoms with Crippen molar-refractivity contribution >= 4 is 17.3 Å². The average molecular weight is 386 g/mol. The van der Waals surface area contributed by atoms with E-state index >= 15 is 0 Å². The minimum atomic E-state index is 0.702. The first-order chi connectivity index (χ1) is 13.1. The van der Waals surface area contributed by atoms with Gasteiger partial charge < -0.3 is 10.6 Å². The first-order valence-electron chi connectivity index (χ1n) is 9.81. The van der Waals surface area contributed by atoms with Crippen LogP contribution in [0.1, 0.15) is 46.0 Å². The van der Waals surface area contributed by atoms with Crippen molar-refractivity contribution in [2.45, 2.75) is 52.7 Å². The number of nitrogens with one attached hydrogen (secondary N) is 2. The predicted molar refractivity (Wildman–Crippen MR) is 114 cm³/mol. The van der Waals surface area contributed by atoms with Crippen LogP contribution in [0.2, 0.25) is 0 Å². The van der Waals surface area contributed by atoms with Gasteiger partial charge in [0.2, 0.25) is 0 Å². The smallest absolute Gasteiger partial charge is 0.191 e. The maximum absolute atomic E-state index is 4.56. The molecule has 1 aliphatic rings. The Hall–Kier alpha value is -1.92. The molecule has 0 bridgehead atoms. The molecule has 27 heavy (non-hydrogen) atoms. The van der Waals surface area contributed by atoms with Gasteiger partial charge in [0.15, 0.2) is 5.96 Å². The molecule has 146 valence electrons. The lowest BCUT2D eigenvalue weighted by Gasteiger charge is -2.26. The lowest BCUT2D eigenvalue weighted by Crippen LogP contribution is -2.36. The Kier molecular flexibility index (Phi) is 7.24. The van der Waals surface area contributed by atoms with E-state index in [1.807, 2.05) is 0 Å². The summed E-state index contributed by atoms with van der Waals surface area (Å²) >= 11 is 1.74. The molecule has 1 fully saturated rings. The van der Waals surface area contributed by atoms with Gasteiger partial charge in [-0.15, -0.1) is 11.3 Å². The molecule has 5 nitrogen and oxygen atoms in total. The van der Waals surface area contributed by atoms with Crippen molar-refractivity contribution in [2.24, 2.45) is 4.99 Å². The standard InChI is InChI=1S/C21H31N5S/c1-16-17(2)27-20(25-16)14-24-21(22-3)23-13-18-7-9-19(10-8-18)15-26-11-5-4-6-12-26/h7-10H,4-6,11-15H2,1-3H3,(H2,22,23,24). The van der Waals surface area contributed by atoms with Gasteiger partial charge in [-0.2, -0.15) is 0 Å². The van der Waals surface area contributed by atoms with E-state index in [1.165, 1.54) is 48.4 Å². The third-order valence-corrected chi connectivity index (χ3v) is 6.11. The van der Waals surface area contributed by atoms with Crippen LogP contribution in [0.4, 0.5) is 0 Å². The molecule has 2 heterocycles. The molecule has 2 N–H and O–H groups in total. The third-order valence-electron chi connectivity index (χ3n) is 5.04. The molecule has 0 radical (unpaired) electrons. The number of likely N-dealkylation sites (tertiary alicyclic amines) is 1. The zero-order chi connectivity index (χ0) is 19.1. The molecule has 0 amide bonds. The van der Waals surface area contributed by atoms with Crippen molar-refractivity contribution in [3.8, 4) is 0 Å². The van der Waals surface area contributed by atoms with Crippen molar-refractivity contribution < 1.29 is 0 Å². The quantitative estimate of drug-likeness (QED) is 0.589. The molecule has 1 saturated heterocycles. The van der Waals surface area contributed by atoms with E-state index in [9.17, 15) is 0 Å². The Morgan fingerprint density at radius 2 is 1.70 bits per heavy atom. The number of aromatic nitrogens is 1. The highest BCUT2D eigenvalue weighted by molar-refractivity contribution is 7.11. The molecule has 0 spiro atoms. The minimum Gasteiger partial charge on any atom is -0.352 e. The lowest BCUT2D eigenvalue weighted by atomic mass is 10.1. The summed E-state index contributed by atoms with van der Waals surface area (Å²) in [5.41, 5.74) is 3.78. The molecule has 0 saturated carbocycles. The molecule has 0 aliphatic carbocycles. The first-order valence-corrected chi connectivity index (χ1v) is 10.6. The molecule has 1 aromatic carbocycles.